The van der Waals surface area contributed by atoms with Crippen molar-refractivity contribution in [3.63, 3.8) is 0 Å². The molecule has 0 radical (unpaired) electrons. The highest BCUT2D eigenvalue weighted by atomic mass is 79.9. The summed E-state index contributed by atoms with van der Waals surface area (Å²) < 4.78 is 15.0. The Kier molecular flexibility index (Phi) is 2.62. The molecular weight excluding hydrogens is 271 g/mol. The van der Waals surface area contributed by atoms with E-state index in [1.165, 1.54) is 11.3 Å². The van der Waals surface area contributed by atoms with Gasteiger partial charge in [-0.15, -0.1) is 23.1 Å². The van der Waals surface area contributed by atoms with Crippen molar-refractivity contribution in [1.82, 2.24) is 0 Å². The van der Waals surface area contributed by atoms with Crippen molar-refractivity contribution in [3.05, 3.63) is 27.8 Å². The van der Waals surface area contributed by atoms with Gasteiger partial charge in [0.2, 0.25) is 0 Å². The minimum Gasteiger partial charge on any atom is -0.195 e. The fourth-order valence-corrected chi connectivity index (χ4v) is 3.47. The number of thiophene rings is 1. The molecule has 68 valence electrons. The average Bonchev–Trinajstić information content (AvgIpc) is 2.48. The van der Waals surface area contributed by atoms with Crippen molar-refractivity contribution in [3.8, 4) is 0 Å². The topological polar surface area (TPSA) is 0 Å². The van der Waals surface area contributed by atoms with Crippen molar-refractivity contribution in [1.29, 1.82) is 0 Å². The number of rotatable bonds is 1. The van der Waals surface area contributed by atoms with E-state index in [-0.39, 0.29) is 5.13 Å². The molecule has 0 saturated heterocycles. The summed E-state index contributed by atoms with van der Waals surface area (Å²) in [6.07, 6.45) is 2.00. The highest BCUT2D eigenvalue weighted by molar-refractivity contribution is 9.10. The Bertz CT molecular complexity index is 450. The number of hydrogen-bond acceptors (Lipinski definition) is 2. The molecule has 0 N–H and O–H groups in total. The van der Waals surface area contributed by atoms with Crippen LogP contribution in [0.15, 0.2) is 27.6 Å². The number of halogens is 2. The zero-order valence-electron chi connectivity index (χ0n) is 6.80. The molecule has 0 spiro atoms. The minimum atomic E-state index is -0.128. The summed E-state index contributed by atoms with van der Waals surface area (Å²) in [6, 6.07) is 5.54. The Hall–Kier alpha value is -0.0600. The van der Waals surface area contributed by atoms with Gasteiger partial charge in [0.15, 0.2) is 5.13 Å². The van der Waals surface area contributed by atoms with E-state index >= 15 is 0 Å². The van der Waals surface area contributed by atoms with Crippen molar-refractivity contribution in [2.45, 2.75) is 4.90 Å². The zero-order valence-corrected chi connectivity index (χ0v) is 10.0. The summed E-state index contributed by atoms with van der Waals surface area (Å²) in [7, 11) is 0. The third-order valence-electron chi connectivity index (χ3n) is 1.78. The van der Waals surface area contributed by atoms with Crippen LogP contribution in [0, 0.1) is 5.13 Å². The van der Waals surface area contributed by atoms with Gasteiger partial charge in [-0.2, -0.15) is 4.39 Å². The lowest BCUT2D eigenvalue weighted by atomic mass is 10.3. The Morgan fingerprint density at radius 1 is 1.46 bits per heavy atom. The van der Waals surface area contributed by atoms with Crippen LogP contribution < -0.4 is 0 Å². The average molecular weight is 277 g/mol. The number of thioether (sulfide) groups is 1. The first kappa shape index (κ1) is 9.49. The van der Waals surface area contributed by atoms with E-state index in [2.05, 4.69) is 15.9 Å². The molecule has 1 aromatic heterocycles. The summed E-state index contributed by atoms with van der Waals surface area (Å²) in [6.45, 7) is 0. The van der Waals surface area contributed by atoms with Crippen molar-refractivity contribution in [2.75, 3.05) is 6.26 Å². The van der Waals surface area contributed by atoms with E-state index in [9.17, 15) is 4.39 Å². The molecule has 4 heteroatoms. The SMILES string of the molecule is CSc1ccc(Br)c2cc(F)sc12. The van der Waals surface area contributed by atoms with Crippen LogP contribution in [0.25, 0.3) is 10.1 Å². The van der Waals surface area contributed by atoms with Crippen LogP contribution in [-0.4, -0.2) is 6.26 Å². The summed E-state index contributed by atoms with van der Waals surface area (Å²) in [4.78, 5) is 1.13. The van der Waals surface area contributed by atoms with Crippen molar-refractivity contribution >= 4 is 49.1 Å². The van der Waals surface area contributed by atoms with Gasteiger partial charge >= 0.3 is 0 Å². The number of benzene rings is 1. The number of fused-ring (bicyclic) bond motifs is 1. The van der Waals surface area contributed by atoms with E-state index in [4.69, 9.17) is 0 Å². The molecule has 0 amide bonds. The van der Waals surface area contributed by atoms with Crippen molar-refractivity contribution < 1.29 is 4.39 Å². The Balaban J connectivity index is 2.83. The van der Waals surface area contributed by atoms with Gasteiger partial charge in [-0.3, -0.25) is 0 Å². The first-order chi connectivity index (χ1) is 6.22. The molecule has 0 unspecified atom stereocenters. The van der Waals surface area contributed by atoms with Gasteiger partial charge in [0, 0.05) is 14.8 Å². The molecule has 0 fully saturated rings. The second kappa shape index (κ2) is 3.59. The van der Waals surface area contributed by atoms with Crippen molar-refractivity contribution in [2.24, 2.45) is 0 Å². The molecule has 0 aliphatic heterocycles. The van der Waals surface area contributed by atoms with Gasteiger partial charge in [-0.25, -0.2) is 0 Å². The fraction of sp³-hybridized carbons (Fsp3) is 0.111. The van der Waals surface area contributed by atoms with Gasteiger partial charge in [0.1, 0.15) is 0 Å². The molecule has 2 aromatic rings. The molecule has 13 heavy (non-hydrogen) atoms. The molecular formula is C9H6BrFS2. The van der Waals surface area contributed by atoms with E-state index in [1.807, 2.05) is 18.4 Å². The lowest BCUT2D eigenvalue weighted by Gasteiger charge is -1.99. The molecule has 0 aliphatic rings. The molecule has 2 rings (SSSR count). The molecule has 0 nitrogen and oxygen atoms in total. The largest absolute Gasteiger partial charge is 0.195 e. The highest BCUT2D eigenvalue weighted by Gasteiger charge is 2.08. The first-order valence-corrected chi connectivity index (χ1v) is 6.47. The predicted molar refractivity (Wildman–Crippen MR) is 61.3 cm³/mol. The Labute approximate surface area is 92.3 Å². The van der Waals surface area contributed by atoms with Gasteiger partial charge in [-0.1, -0.05) is 15.9 Å². The van der Waals surface area contributed by atoms with Gasteiger partial charge in [0.05, 0.1) is 4.70 Å². The van der Waals surface area contributed by atoms with Gasteiger partial charge < -0.3 is 0 Å². The summed E-state index contributed by atoms with van der Waals surface area (Å²) in [5.74, 6) is 0. The maximum Gasteiger partial charge on any atom is 0.177 e. The van der Waals surface area contributed by atoms with Crippen LogP contribution in [0.5, 0.6) is 0 Å². The summed E-state index contributed by atoms with van der Waals surface area (Å²) in [5, 5.41) is 0.839. The Morgan fingerprint density at radius 2 is 2.23 bits per heavy atom. The van der Waals surface area contributed by atoms with Crippen LogP contribution in [0.3, 0.4) is 0 Å². The maximum atomic E-state index is 13.0. The third kappa shape index (κ3) is 1.63. The van der Waals surface area contributed by atoms with Crippen LogP contribution in [0.2, 0.25) is 0 Å². The van der Waals surface area contributed by atoms with Crippen LogP contribution >= 0.6 is 39.0 Å². The monoisotopic (exact) mass is 276 g/mol. The summed E-state index contributed by atoms with van der Waals surface area (Å²) in [5.41, 5.74) is 0. The van der Waals surface area contributed by atoms with E-state index in [1.54, 1.807) is 17.8 Å². The molecule has 1 heterocycles. The quantitative estimate of drug-likeness (QED) is 0.690. The molecule has 0 atom stereocenters. The minimum absolute atomic E-state index is 0.128. The van der Waals surface area contributed by atoms with E-state index in [0.717, 1.165) is 19.5 Å². The smallest absolute Gasteiger partial charge is 0.177 e. The molecule has 0 aliphatic carbocycles. The standard InChI is InChI=1S/C9H6BrFS2/c1-12-7-3-2-6(10)5-4-8(11)13-9(5)7/h2-4H,1H3. The lowest BCUT2D eigenvalue weighted by molar-refractivity contribution is 0.658. The molecule has 0 bridgehead atoms. The molecule has 0 saturated carbocycles. The number of hydrogen-bond donors (Lipinski definition) is 0. The first-order valence-electron chi connectivity index (χ1n) is 3.64. The Morgan fingerprint density at radius 3 is 2.92 bits per heavy atom. The fourth-order valence-electron chi connectivity index (χ4n) is 1.20. The van der Waals surface area contributed by atoms with Crippen LogP contribution in [-0.2, 0) is 0 Å². The van der Waals surface area contributed by atoms with E-state index in [0.29, 0.717) is 0 Å². The lowest BCUT2D eigenvalue weighted by Crippen LogP contribution is -1.71. The van der Waals surface area contributed by atoms with Crippen LogP contribution in [0.4, 0.5) is 4.39 Å². The third-order valence-corrected chi connectivity index (χ3v) is 4.34. The second-order valence-electron chi connectivity index (χ2n) is 2.54. The zero-order chi connectivity index (χ0) is 9.42. The summed E-state index contributed by atoms with van der Waals surface area (Å²) >= 11 is 6.25. The predicted octanol–water partition coefficient (Wildman–Crippen LogP) is 4.52. The van der Waals surface area contributed by atoms with Gasteiger partial charge in [-0.05, 0) is 24.5 Å². The van der Waals surface area contributed by atoms with E-state index < -0.39 is 0 Å². The maximum absolute atomic E-state index is 13.0. The highest BCUT2D eigenvalue weighted by Crippen LogP contribution is 2.36. The second-order valence-corrected chi connectivity index (χ2v) is 5.25. The normalized spacial score (nSPS) is 11.0. The van der Waals surface area contributed by atoms with Crippen LogP contribution in [0.1, 0.15) is 0 Å². The molecule has 1 aromatic carbocycles. The van der Waals surface area contributed by atoms with Gasteiger partial charge in [0.25, 0.3) is 0 Å².